The van der Waals surface area contributed by atoms with E-state index in [1.807, 2.05) is 37.3 Å². The van der Waals surface area contributed by atoms with Gasteiger partial charge in [-0.25, -0.2) is 8.42 Å². The van der Waals surface area contributed by atoms with E-state index in [2.05, 4.69) is 0 Å². The molecule has 1 fully saturated rings. The van der Waals surface area contributed by atoms with Crippen LogP contribution in [0.3, 0.4) is 0 Å². The van der Waals surface area contributed by atoms with E-state index in [9.17, 15) is 13.2 Å². The van der Waals surface area contributed by atoms with Gasteiger partial charge in [-0.05, 0) is 62.2 Å². The van der Waals surface area contributed by atoms with E-state index < -0.39 is 10.0 Å². The molecule has 1 aliphatic heterocycles. The second kappa shape index (κ2) is 8.45. The predicted molar refractivity (Wildman–Crippen MR) is 115 cm³/mol. The van der Waals surface area contributed by atoms with Crippen molar-refractivity contribution < 1.29 is 17.6 Å². The number of amides is 1. The Morgan fingerprint density at radius 2 is 1.77 bits per heavy atom. The predicted octanol–water partition coefficient (Wildman–Crippen LogP) is 4.22. The number of hydrogen-bond acceptors (Lipinski definition) is 4. The summed E-state index contributed by atoms with van der Waals surface area (Å²) in [4.78, 5) is 15.2. The molecule has 0 N–H and O–H groups in total. The lowest BCUT2D eigenvalue weighted by molar-refractivity contribution is 0.0983. The third-order valence-electron chi connectivity index (χ3n) is 5.27. The standard InChI is InChI=1S/C23H24N2O4S/c1-18-9-11-20(12-10-18)25(17-21-7-5-15-29-21)23(26)19-6-4-8-22(16-19)30(27,28)24-13-2-3-14-24/h4-12,15-16H,2-3,13-14,17H2,1H3. The summed E-state index contributed by atoms with van der Waals surface area (Å²) in [5.41, 5.74) is 2.13. The van der Waals surface area contributed by atoms with E-state index >= 15 is 0 Å². The summed E-state index contributed by atoms with van der Waals surface area (Å²) in [5, 5.41) is 0. The van der Waals surface area contributed by atoms with Gasteiger partial charge < -0.3 is 9.32 Å². The number of sulfonamides is 1. The highest BCUT2D eigenvalue weighted by Gasteiger charge is 2.28. The van der Waals surface area contributed by atoms with Crippen LogP contribution in [0, 0.1) is 6.92 Å². The first-order valence-electron chi connectivity index (χ1n) is 9.96. The minimum Gasteiger partial charge on any atom is -0.467 e. The van der Waals surface area contributed by atoms with Gasteiger partial charge in [-0.1, -0.05) is 23.8 Å². The second-order valence-corrected chi connectivity index (χ2v) is 9.38. The van der Waals surface area contributed by atoms with Crippen LogP contribution in [0.15, 0.2) is 76.2 Å². The Labute approximate surface area is 176 Å². The Bertz CT molecular complexity index is 1120. The molecule has 4 rings (SSSR count). The molecule has 6 nitrogen and oxygen atoms in total. The third kappa shape index (κ3) is 4.17. The van der Waals surface area contributed by atoms with Crippen molar-refractivity contribution in [3.63, 3.8) is 0 Å². The molecule has 1 aromatic heterocycles. The molecule has 30 heavy (non-hydrogen) atoms. The van der Waals surface area contributed by atoms with Crippen LogP contribution in [0.5, 0.6) is 0 Å². The lowest BCUT2D eigenvalue weighted by Gasteiger charge is -2.23. The molecule has 0 bridgehead atoms. The summed E-state index contributed by atoms with van der Waals surface area (Å²) < 4.78 is 32.8. The molecule has 156 valence electrons. The van der Waals surface area contributed by atoms with Crippen molar-refractivity contribution in [2.45, 2.75) is 31.2 Å². The second-order valence-electron chi connectivity index (χ2n) is 7.45. The van der Waals surface area contributed by atoms with Gasteiger partial charge in [0.05, 0.1) is 17.7 Å². The SMILES string of the molecule is Cc1ccc(N(Cc2ccco2)C(=O)c2cccc(S(=O)(=O)N3CCCC3)c2)cc1. The minimum atomic E-state index is -3.60. The van der Waals surface area contributed by atoms with Crippen molar-refractivity contribution >= 4 is 21.6 Å². The topological polar surface area (TPSA) is 70.8 Å². The fraction of sp³-hybridized carbons (Fsp3) is 0.261. The van der Waals surface area contributed by atoms with E-state index in [-0.39, 0.29) is 17.3 Å². The molecule has 0 radical (unpaired) electrons. The van der Waals surface area contributed by atoms with Crippen molar-refractivity contribution in [1.82, 2.24) is 4.31 Å². The van der Waals surface area contributed by atoms with Crippen molar-refractivity contribution in [3.05, 3.63) is 83.8 Å². The van der Waals surface area contributed by atoms with E-state index in [0.717, 1.165) is 24.1 Å². The van der Waals surface area contributed by atoms with Crippen LogP contribution < -0.4 is 4.90 Å². The van der Waals surface area contributed by atoms with Crippen molar-refractivity contribution in [2.24, 2.45) is 0 Å². The van der Waals surface area contributed by atoms with E-state index in [0.29, 0.717) is 24.4 Å². The number of nitrogens with zero attached hydrogens (tertiary/aromatic N) is 2. The van der Waals surface area contributed by atoms with Gasteiger partial charge in [0.15, 0.2) is 0 Å². The normalized spacial score (nSPS) is 14.7. The lowest BCUT2D eigenvalue weighted by Crippen LogP contribution is -2.31. The maximum absolute atomic E-state index is 13.4. The van der Waals surface area contributed by atoms with E-state index in [1.165, 1.54) is 10.4 Å². The van der Waals surface area contributed by atoms with Gasteiger partial charge in [-0.15, -0.1) is 0 Å². The molecule has 2 heterocycles. The van der Waals surface area contributed by atoms with Gasteiger partial charge >= 0.3 is 0 Å². The Hall–Kier alpha value is -2.90. The number of hydrogen-bond donors (Lipinski definition) is 0. The molecular weight excluding hydrogens is 400 g/mol. The van der Waals surface area contributed by atoms with Gasteiger partial charge in [0.1, 0.15) is 5.76 Å². The van der Waals surface area contributed by atoms with E-state index in [1.54, 1.807) is 35.4 Å². The molecule has 3 aromatic rings. The maximum atomic E-state index is 13.4. The molecule has 1 amide bonds. The van der Waals surface area contributed by atoms with Crippen LogP contribution in [0.25, 0.3) is 0 Å². The lowest BCUT2D eigenvalue weighted by atomic mass is 10.1. The Morgan fingerprint density at radius 3 is 2.43 bits per heavy atom. The molecule has 0 saturated carbocycles. The van der Waals surface area contributed by atoms with Crippen molar-refractivity contribution in [3.8, 4) is 0 Å². The summed E-state index contributed by atoms with van der Waals surface area (Å²) in [7, 11) is -3.60. The molecule has 0 unspecified atom stereocenters. The number of aryl methyl sites for hydroxylation is 1. The minimum absolute atomic E-state index is 0.150. The summed E-state index contributed by atoms with van der Waals surface area (Å²) in [6.45, 7) is 3.27. The molecule has 0 atom stereocenters. The van der Waals surface area contributed by atoms with Gasteiger partial charge in [-0.3, -0.25) is 4.79 Å². The zero-order valence-corrected chi connectivity index (χ0v) is 17.6. The monoisotopic (exact) mass is 424 g/mol. The van der Waals surface area contributed by atoms with Crippen molar-refractivity contribution in [1.29, 1.82) is 0 Å². The fourth-order valence-corrected chi connectivity index (χ4v) is 5.15. The quantitative estimate of drug-likeness (QED) is 0.594. The van der Waals surface area contributed by atoms with Crippen LogP contribution in [-0.2, 0) is 16.6 Å². The third-order valence-corrected chi connectivity index (χ3v) is 7.16. The Morgan fingerprint density at radius 1 is 1.03 bits per heavy atom. The van der Waals surface area contributed by atoms with Gasteiger partial charge in [-0.2, -0.15) is 4.31 Å². The highest BCUT2D eigenvalue weighted by atomic mass is 32.2. The van der Waals surface area contributed by atoms with Gasteiger partial charge in [0.25, 0.3) is 5.91 Å². The zero-order valence-electron chi connectivity index (χ0n) is 16.8. The molecule has 1 aliphatic rings. The molecular formula is C23H24N2O4S. The largest absolute Gasteiger partial charge is 0.467 e. The van der Waals surface area contributed by atoms with Crippen LogP contribution in [0.4, 0.5) is 5.69 Å². The molecule has 0 aliphatic carbocycles. The summed E-state index contributed by atoms with van der Waals surface area (Å²) in [6.07, 6.45) is 3.29. The van der Waals surface area contributed by atoms with E-state index in [4.69, 9.17) is 4.42 Å². The average Bonchev–Trinajstić information content (AvgIpc) is 3.47. The first-order chi connectivity index (χ1) is 14.4. The first-order valence-corrected chi connectivity index (χ1v) is 11.4. The molecule has 7 heteroatoms. The number of carbonyl (C=O) groups excluding carboxylic acids is 1. The summed E-state index contributed by atoms with van der Waals surface area (Å²) in [5.74, 6) is 0.360. The highest BCUT2D eigenvalue weighted by Crippen LogP contribution is 2.25. The van der Waals surface area contributed by atoms with Crippen LogP contribution >= 0.6 is 0 Å². The summed E-state index contributed by atoms with van der Waals surface area (Å²) >= 11 is 0. The average molecular weight is 425 g/mol. The summed E-state index contributed by atoms with van der Waals surface area (Å²) in [6, 6.07) is 17.5. The fourth-order valence-electron chi connectivity index (χ4n) is 3.59. The van der Waals surface area contributed by atoms with Crippen LogP contribution in [-0.4, -0.2) is 31.7 Å². The number of anilines is 1. The van der Waals surface area contributed by atoms with Crippen molar-refractivity contribution in [2.75, 3.05) is 18.0 Å². The molecule has 2 aromatic carbocycles. The zero-order chi connectivity index (χ0) is 21.1. The Kier molecular flexibility index (Phi) is 5.74. The van der Waals surface area contributed by atoms with Crippen LogP contribution in [0.2, 0.25) is 0 Å². The number of carbonyl (C=O) groups is 1. The number of benzene rings is 2. The smallest absolute Gasteiger partial charge is 0.258 e. The number of rotatable bonds is 6. The van der Waals surface area contributed by atoms with Gasteiger partial charge in [0, 0.05) is 24.3 Å². The molecule has 0 spiro atoms. The Balaban J connectivity index is 1.68. The number of furan rings is 1. The first kappa shape index (κ1) is 20.4. The van der Waals surface area contributed by atoms with Crippen LogP contribution in [0.1, 0.15) is 34.5 Å². The molecule has 1 saturated heterocycles. The maximum Gasteiger partial charge on any atom is 0.258 e. The van der Waals surface area contributed by atoms with Gasteiger partial charge in [0.2, 0.25) is 10.0 Å². The highest BCUT2D eigenvalue weighted by molar-refractivity contribution is 7.89.